The van der Waals surface area contributed by atoms with Gasteiger partial charge in [-0.15, -0.1) is 11.3 Å². The van der Waals surface area contributed by atoms with Crippen LogP contribution in [-0.2, 0) is 11.3 Å². The highest BCUT2D eigenvalue weighted by atomic mass is 32.2. The minimum absolute atomic E-state index is 0.0668. The molecule has 3 aromatic rings. The van der Waals surface area contributed by atoms with Gasteiger partial charge in [0.2, 0.25) is 5.91 Å². The molecule has 6 nitrogen and oxygen atoms in total. The summed E-state index contributed by atoms with van der Waals surface area (Å²) in [6.07, 6.45) is 0.869. The van der Waals surface area contributed by atoms with Crippen molar-refractivity contribution in [3.63, 3.8) is 0 Å². The van der Waals surface area contributed by atoms with Crippen molar-refractivity contribution in [1.82, 2.24) is 14.9 Å². The fraction of sp³-hybridized carbons (Fsp3) is 0.350. The van der Waals surface area contributed by atoms with E-state index in [2.05, 4.69) is 10.3 Å². The van der Waals surface area contributed by atoms with E-state index in [1.54, 1.807) is 11.7 Å². The van der Waals surface area contributed by atoms with Crippen LogP contribution < -0.4 is 15.6 Å². The summed E-state index contributed by atoms with van der Waals surface area (Å²) in [4.78, 5) is 29.9. The molecule has 0 aliphatic heterocycles. The molecule has 0 saturated carbocycles. The molecule has 28 heavy (non-hydrogen) atoms. The van der Waals surface area contributed by atoms with E-state index < -0.39 is 0 Å². The molecule has 2 aromatic heterocycles. The van der Waals surface area contributed by atoms with Gasteiger partial charge in [-0.1, -0.05) is 36.9 Å². The molecule has 2 heterocycles. The second kappa shape index (κ2) is 9.25. The van der Waals surface area contributed by atoms with Crippen molar-refractivity contribution in [1.29, 1.82) is 0 Å². The zero-order valence-corrected chi connectivity index (χ0v) is 17.7. The Morgan fingerprint density at radius 1 is 1.36 bits per heavy atom. The minimum atomic E-state index is -0.101. The lowest BCUT2D eigenvalue weighted by molar-refractivity contribution is -0.119. The van der Waals surface area contributed by atoms with Crippen molar-refractivity contribution in [3.8, 4) is 5.75 Å². The Hall–Kier alpha value is -2.32. The average Bonchev–Trinajstić information content (AvgIpc) is 3.17. The van der Waals surface area contributed by atoms with Gasteiger partial charge < -0.3 is 10.1 Å². The first kappa shape index (κ1) is 20.4. The standard InChI is InChI=1S/C20H23N3O3S2/c1-4-13(2)21-17(24)12-28-20-22-15-9-10-27-18(15)19(25)23(20)11-14-7-5-6-8-16(14)26-3/h5-10,13H,4,11-12H2,1-3H3,(H,21,24)/t13-/m0/s1. The second-order valence-corrected chi connectivity index (χ2v) is 8.26. The van der Waals surface area contributed by atoms with Gasteiger partial charge in [0, 0.05) is 11.6 Å². The Bertz CT molecular complexity index is 1030. The molecule has 0 fully saturated rings. The molecule has 0 bridgehead atoms. The van der Waals surface area contributed by atoms with Gasteiger partial charge in [-0.05, 0) is 30.9 Å². The van der Waals surface area contributed by atoms with Gasteiger partial charge >= 0.3 is 0 Å². The first-order chi connectivity index (χ1) is 13.5. The van der Waals surface area contributed by atoms with Crippen LogP contribution in [0.3, 0.4) is 0 Å². The molecular weight excluding hydrogens is 394 g/mol. The lowest BCUT2D eigenvalue weighted by Gasteiger charge is -2.15. The molecule has 1 amide bonds. The minimum Gasteiger partial charge on any atom is -0.496 e. The third kappa shape index (κ3) is 4.56. The highest BCUT2D eigenvalue weighted by Gasteiger charge is 2.16. The predicted octanol–water partition coefficient (Wildman–Crippen LogP) is 3.52. The fourth-order valence-corrected chi connectivity index (χ4v) is 4.31. The van der Waals surface area contributed by atoms with Gasteiger partial charge in [0.25, 0.3) is 5.56 Å². The number of hydrogen-bond donors (Lipinski definition) is 1. The van der Waals surface area contributed by atoms with Crippen LogP contribution in [0.1, 0.15) is 25.8 Å². The zero-order chi connectivity index (χ0) is 20.1. The van der Waals surface area contributed by atoms with Gasteiger partial charge in [-0.2, -0.15) is 0 Å². The summed E-state index contributed by atoms with van der Waals surface area (Å²) >= 11 is 2.65. The zero-order valence-electron chi connectivity index (χ0n) is 16.1. The summed E-state index contributed by atoms with van der Waals surface area (Å²) < 4.78 is 7.66. The Balaban J connectivity index is 1.93. The van der Waals surface area contributed by atoms with Crippen molar-refractivity contribution < 1.29 is 9.53 Å². The first-order valence-corrected chi connectivity index (χ1v) is 10.9. The summed E-state index contributed by atoms with van der Waals surface area (Å²) in [6.45, 7) is 4.32. The molecular formula is C20H23N3O3S2. The van der Waals surface area contributed by atoms with Crippen LogP contribution in [0.25, 0.3) is 10.2 Å². The number of carbonyl (C=O) groups excluding carboxylic acids is 1. The van der Waals surface area contributed by atoms with Crippen molar-refractivity contribution >= 4 is 39.2 Å². The molecule has 0 aliphatic carbocycles. The van der Waals surface area contributed by atoms with Gasteiger partial charge in [0.15, 0.2) is 5.16 Å². The monoisotopic (exact) mass is 417 g/mol. The first-order valence-electron chi connectivity index (χ1n) is 9.05. The summed E-state index contributed by atoms with van der Waals surface area (Å²) in [7, 11) is 1.61. The van der Waals surface area contributed by atoms with Gasteiger partial charge in [-0.25, -0.2) is 4.98 Å². The number of carbonyl (C=O) groups is 1. The quantitative estimate of drug-likeness (QED) is 0.448. The van der Waals surface area contributed by atoms with E-state index in [0.29, 0.717) is 27.7 Å². The number of nitrogens with one attached hydrogen (secondary N) is 1. The number of methoxy groups -OCH3 is 1. The van der Waals surface area contributed by atoms with E-state index in [4.69, 9.17) is 4.74 Å². The third-order valence-corrected chi connectivity index (χ3v) is 6.27. The molecule has 8 heteroatoms. The number of benzene rings is 1. The number of thioether (sulfide) groups is 1. The Morgan fingerprint density at radius 3 is 2.89 bits per heavy atom. The summed E-state index contributed by atoms with van der Waals surface area (Å²) in [5, 5.41) is 5.33. The number of ether oxygens (including phenoxy) is 1. The van der Waals surface area contributed by atoms with Gasteiger partial charge in [0.05, 0.1) is 24.9 Å². The van der Waals surface area contributed by atoms with Gasteiger partial charge in [-0.3, -0.25) is 14.2 Å². The molecule has 0 radical (unpaired) electrons. The predicted molar refractivity (Wildman–Crippen MR) is 115 cm³/mol. The fourth-order valence-electron chi connectivity index (χ4n) is 2.73. The number of hydrogen-bond acceptors (Lipinski definition) is 6. The van der Waals surface area contributed by atoms with E-state index in [9.17, 15) is 9.59 Å². The highest BCUT2D eigenvalue weighted by molar-refractivity contribution is 7.99. The lowest BCUT2D eigenvalue weighted by atomic mass is 10.2. The molecule has 0 unspecified atom stereocenters. The maximum absolute atomic E-state index is 13.1. The van der Waals surface area contributed by atoms with Crippen LogP contribution in [0, 0.1) is 0 Å². The maximum atomic E-state index is 13.1. The SMILES string of the molecule is CC[C@H](C)NC(=O)CSc1nc2ccsc2c(=O)n1Cc1ccccc1OC. The van der Waals surface area contributed by atoms with Crippen LogP contribution in [0.2, 0.25) is 0 Å². The normalized spacial score (nSPS) is 12.1. The summed E-state index contributed by atoms with van der Waals surface area (Å²) in [6, 6.07) is 9.54. The number of aromatic nitrogens is 2. The lowest BCUT2D eigenvalue weighted by Crippen LogP contribution is -2.33. The molecule has 3 rings (SSSR count). The number of thiophene rings is 1. The number of rotatable bonds is 8. The van der Waals surface area contributed by atoms with Crippen molar-refractivity contribution in [2.75, 3.05) is 12.9 Å². The molecule has 148 valence electrons. The average molecular weight is 418 g/mol. The number of fused-ring (bicyclic) bond motifs is 1. The number of nitrogens with zero attached hydrogens (tertiary/aromatic N) is 2. The van der Waals surface area contributed by atoms with E-state index in [1.807, 2.05) is 49.6 Å². The Labute approximate surface area is 171 Å². The molecule has 1 N–H and O–H groups in total. The van der Waals surface area contributed by atoms with Crippen LogP contribution in [0.4, 0.5) is 0 Å². The Kier molecular flexibility index (Phi) is 6.74. The van der Waals surface area contributed by atoms with Crippen molar-refractivity contribution in [2.24, 2.45) is 0 Å². The van der Waals surface area contributed by atoms with Crippen LogP contribution in [0.5, 0.6) is 5.75 Å². The van der Waals surface area contributed by atoms with E-state index in [1.165, 1.54) is 23.1 Å². The molecule has 0 spiro atoms. The number of para-hydroxylation sites is 1. The van der Waals surface area contributed by atoms with Gasteiger partial charge in [0.1, 0.15) is 10.4 Å². The maximum Gasteiger partial charge on any atom is 0.272 e. The second-order valence-electron chi connectivity index (χ2n) is 6.40. The molecule has 1 atom stereocenters. The highest BCUT2D eigenvalue weighted by Crippen LogP contribution is 2.24. The molecule has 0 aliphatic rings. The summed E-state index contributed by atoms with van der Waals surface area (Å²) in [5.41, 5.74) is 1.45. The Morgan fingerprint density at radius 2 is 2.14 bits per heavy atom. The largest absolute Gasteiger partial charge is 0.496 e. The van der Waals surface area contributed by atoms with E-state index >= 15 is 0 Å². The van der Waals surface area contributed by atoms with Crippen LogP contribution >= 0.6 is 23.1 Å². The van der Waals surface area contributed by atoms with E-state index in [-0.39, 0.29) is 23.3 Å². The van der Waals surface area contributed by atoms with Crippen molar-refractivity contribution in [2.45, 2.75) is 38.0 Å². The van der Waals surface area contributed by atoms with Crippen LogP contribution in [-0.4, -0.2) is 34.4 Å². The van der Waals surface area contributed by atoms with Crippen LogP contribution in [0.15, 0.2) is 45.7 Å². The topological polar surface area (TPSA) is 73.2 Å². The molecule has 0 saturated heterocycles. The smallest absolute Gasteiger partial charge is 0.272 e. The van der Waals surface area contributed by atoms with Crippen molar-refractivity contribution in [3.05, 3.63) is 51.6 Å². The number of amides is 1. The van der Waals surface area contributed by atoms with E-state index in [0.717, 1.165) is 12.0 Å². The molecule has 1 aromatic carbocycles. The summed E-state index contributed by atoms with van der Waals surface area (Å²) in [5.74, 6) is 0.854. The third-order valence-electron chi connectivity index (χ3n) is 4.40.